The van der Waals surface area contributed by atoms with Crippen LogP contribution in [0.15, 0.2) is 42.9 Å². The third-order valence-electron chi connectivity index (χ3n) is 5.84. The van der Waals surface area contributed by atoms with Gasteiger partial charge in [-0.05, 0) is 11.5 Å². The molecule has 0 saturated carbocycles. The molecular formula is C24H34N6O6. The summed E-state index contributed by atoms with van der Waals surface area (Å²) in [4.78, 5) is 57.1. The van der Waals surface area contributed by atoms with E-state index in [9.17, 15) is 29.4 Å². The van der Waals surface area contributed by atoms with Gasteiger partial charge in [-0.3, -0.25) is 14.4 Å². The predicted octanol–water partition coefficient (Wildman–Crippen LogP) is -0.900. The molecule has 0 saturated heterocycles. The minimum Gasteiger partial charge on any atom is -0.480 e. The number of imidazole rings is 1. The molecule has 3 amide bonds. The first-order chi connectivity index (χ1) is 17.2. The molecule has 0 bridgehead atoms. The van der Waals surface area contributed by atoms with E-state index in [0.717, 1.165) is 5.56 Å². The van der Waals surface area contributed by atoms with E-state index in [1.807, 2.05) is 13.0 Å². The zero-order chi connectivity index (χ0) is 26.7. The number of amides is 3. The number of aromatic amines is 1. The fraction of sp³-hybridized carbons (Fsp3) is 0.458. The molecule has 196 valence electrons. The van der Waals surface area contributed by atoms with E-state index in [1.165, 1.54) is 12.5 Å². The lowest BCUT2D eigenvalue weighted by atomic mass is 9.96. The molecule has 2 rings (SSSR count). The SMILES string of the molecule is CCC(C)C(NC(=O)C(Cc1ccccc1)NC(=O)C(N)CO)C(=O)NC(Cc1cnc[nH]1)C(=O)O. The van der Waals surface area contributed by atoms with Gasteiger partial charge < -0.3 is 36.9 Å². The number of nitrogens with zero attached hydrogens (tertiary/aromatic N) is 1. The number of nitrogens with two attached hydrogens (primary N) is 1. The number of hydrogen-bond donors (Lipinski definition) is 7. The van der Waals surface area contributed by atoms with Crippen LogP contribution in [0.1, 0.15) is 31.5 Å². The molecular weight excluding hydrogens is 468 g/mol. The molecule has 1 aromatic carbocycles. The van der Waals surface area contributed by atoms with E-state index in [0.29, 0.717) is 12.1 Å². The Balaban J connectivity index is 2.21. The van der Waals surface area contributed by atoms with Crippen LogP contribution in [0.4, 0.5) is 0 Å². The summed E-state index contributed by atoms with van der Waals surface area (Å²) in [6.45, 7) is 2.98. The lowest BCUT2D eigenvalue weighted by Crippen LogP contribution is -2.59. The van der Waals surface area contributed by atoms with Gasteiger partial charge in [-0.15, -0.1) is 0 Å². The standard InChI is InChI=1S/C24H34N6O6/c1-3-14(2)20(23(34)29-19(24(35)36)10-16-11-26-13-27-16)30-22(33)18(28-21(32)17(25)12-31)9-15-7-5-4-6-8-15/h4-8,11,13-14,17-20,31H,3,9-10,12,25H2,1-2H3,(H,26,27)(H,28,32)(H,29,34)(H,30,33)(H,35,36). The highest BCUT2D eigenvalue weighted by atomic mass is 16.4. The third-order valence-corrected chi connectivity index (χ3v) is 5.84. The summed E-state index contributed by atoms with van der Waals surface area (Å²) >= 11 is 0. The Morgan fingerprint density at radius 3 is 2.22 bits per heavy atom. The zero-order valence-electron chi connectivity index (χ0n) is 20.3. The maximum atomic E-state index is 13.3. The highest BCUT2D eigenvalue weighted by molar-refractivity contribution is 5.94. The number of hydrogen-bond acceptors (Lipinski definition) is 7. The van der Waals surface area contributed by atoms with Gasteiger partial charge in [0.2, 0.25) is 17.7 Å². The van der Waals surface area contributed by atoms with Gasteiger partial charge in [-0.1, -0.05) is 50.6 Å². The summed E-state index contributed by atoms with van der Waals surface area (Å²) in [5.74, 6) is -3.61. The van der Waals surface area contributed by atoms with E-state index >= 15 is 0 Å². The average Bonchev–Trinajstić information content (AvgIpc) is 3.38. The number of aliphatic carboxylic acids is 1. The zero-order valence-corrected chi connectivity index (χ0v) is 20.3. The average molecular weight is 503 g/mol. The fourth-order valence-corrected chi connectivity index (χ4v) is 3.45. The molecule has 5 unspecified atom stereocenters. The van der Waals surface area contributed by atoms with Crippen molar-refractivity contribution in [1.82, 2.24) is 25.9 Å². The predicted molar refractivity (Wildman–Crippen MR) is 130 cm³/mol. The normalized spacial score (nSPS) is 15.1. The van der Waals surface area contributed by atoms with Gasteiger partial charge in [0.15, 0.2) is 0 Å². The Hall–Kier alpha value is -3.77. The topological polar surface area (TPSA) is 200 Å². The van der Waals surface area contributed by atoms with Crippen molar-refractivity contribution in [3.63, 3.8) is 0 Å². The largest absolute Gasteiger partial charge is 0.480 e. The molecule has 2 aromatic rings. The lowest BCUT2D eigenvalue weighted by molar-refractivity contribution is -0.142. The Morgan fingerprint density at radius 1 is 1.00 bits per heavy atom. The van der Waals surface area contributed by atoms with Crippen molar-refractivity contribution in [2.45, 2.75) is 57.3 Å². The van der Waals surface area contributed by atoms with Crippen LogP contribution in [0, 0.1) is 5.92 Å². The minimum absolute atomic E-state index is 0.0199. The van der Waals surface area contributed by atoms with Crippen LogP contribution >= 0.6 is 0 Å². The number of nitrogens with one attached hydrogen (secondary N) is 4. The number of carboxylic acid groups (broad SMARTS) is 1. The molecule has 12 heteroatoms. The van der Waals surface area contributed by atoms with Crippen molar-refractivity contribution in [3.05, 3.63) is 54.1 Å². The highest BCUT2D eigenvalue weighted by Crippen LogP contribution is 2.11. The smallest absolute Gasteiger partial charge is 0.326 e. The Kier molecular flexibility index (Phi) is 11.0. The first-order valence-corrected chi connectivity index (χ1v) is 11.7. The van der Waals surface area contributed by atoms with Crippen LogP contribution in [0.2, 0.25) is 0 Å². The quantitative estimate of drug-likeness (QED) is 0.172. The molecule has 0 fully saturated rings. The summed E-state index contributed by atoms with van der Waals surface area (Å²) in [5, 5.41) is 26.5. The van der Waals surface area contributed by atoms with Crippen molar-refractivity contribution in [2.24, 2.45) is 11.7 Å². The van der Waals surface area contributed by atoms with Gasteiger partial charge >= 0.3 is 5.97 Å². The molecule has 0 radical (unpaired) electrons. The van der Waals surface area contributed by atoms with Crippen LogP contribution in [0.5, 0.6) is 0 Å². The van der Waals surface area contributed by atoms with Crippen molar-refractivity contribution >= 4 is 23.7 Å². The van der Waals surface area contributed by atoms with Crippen molar-refractivity contribution in [2.75, 3.05) is 6.61 Å². The first kappa shape index (κ1) is 28.5. The number of carboxylic acids is 1. The van der Waals surface area contributed by atoms with E-state index < -0.39 is 54.5 Å². The van der Waals surface area contributed by atoms with Crippen molar-refractivity contribution in [3.8, 4) is 0 Å². The molecule has 0 aliphatic heterocycles. The number of carbonyl (C=O) groups excluding carboxylic acids is 3. The summed E-state index contributed by atoms with van der Waals surface area (Å²) in [6, 6.07) is 4.33. The summed E-state index contributed by atoms with van der Waals surface area (Å²) in [7, 11) is 0. The molecule has 8 N–H and O–H groups in total. The fourth-order valence-electron chi connectivity index (χ4n) is 3.45. The van der Waals surface area contributed by atoms with Gasteiger partial charge in [0, 0.05) is 24.7 Å². The molecule has 1 heterocycles. The summed E-state index contributed by atoms with van der Waals surface area (Å²) in [5.41, 5.74) is 6.88. The van der Waals surface area contributed by atoms with Crippen molar-refractivity contribution in [1.29, 1.82) is 0 Å². The minimum atomic E-state index is -1.25. The van der Waals surface area contributed by atoms with Crippen LogP contribution in [-0.2, 0) is 32.0 Å². The number of rotatable bonds is 14. The number of H-pyrrole nitrogens is 1. The van der Waals surface area contributed by atoms with Gasteiger partial charge in [-0.25, -0.2) is 9.78 Å². The Bertz CT molecular complexity index is 1000. The van der Waals surface area contributed by atoms with E-state index in [1.54, 1.807) is 31.2 Å². The highest BCUT2D eigenvalue weighted by Gasteiger charge is 2.33. The monoisotopic (exact) mass is 502 g/mol. The maximum absolute atomic E-state index is 13.3. The molecule has 0 spiro atoms. The number of aromatic nitrogens is 2. The number of benzene rings is 1. The van der Waals surface area contributed by atoms with Gasteiger partial charge in [0.25, 0.3) is 0 Å². The molecule has 12 nitrogen and oxygen atoms in total. The second-order valence-corrected chi connectivity index (χ2v) is 8.59. The second-order valence-electron chi connectivity index (χ2n) is 8.59. The number of aliphatic hydroxyl groups excluding tert-OH is 1. The van der Waals surface area contributed by atoms with Gasteiger partial charge in [-0.2, -0.15) is 0 Å². The maximum Gasteiger partial charge on any atom is 0.326 e. The van der Waals surface area contributed by atoms with Crippen LogP contribution < -0.4 is 21.7 Å². The summed E-state index contributed by atoms with van der Waals surface area (Å²) < 4.78 is 0. The van der Waals surface area contributed by atoms with Crippen LogP contribution in [0.25, 0.3) is 0 Å². The van der Waals surface area contributed by atoms with Gasteiger partial charge in [0.05, 0.1) is 12.9 Å². The van der Waals surface area contributed by atoms with Crippen LogP contribution in [-0.4, -0.2) is 74.6 Å². The third kappa shape index (κ3) is 8.47. The lowest BCUT2D eigenvalue weighted by Gasteiger charge is -2.28. The Morgan fingerprint density at radius 2 is 1.67 bits per heavy atom. The molecule has 5 atom stereocenters. The molecule has 0 aliphatic carbocycles. The second kappa shape index (κ2) is 14.0. The van der Waals surface area contributed by atoms with Crippen LogP contribution in [0.3, 0.4) is 0 Å². The Labute approximate surface area is 209 Å². The molecule has 1 aromatic heterocycles. The van der Waals surface area contributed by atoms with E-state index in [2.05, 4.69) is 25.9 Å². The number of carbonyl (C=O) groups is 4. The first-order valence-electron chi connectivity index (χ1n) is 11.7. The van der Waals surface area contributed by atoms with E-state index in [4.69, 9.17) is 5.73 Å². The van der Waals surface area contributed by atoms with Gasteiger partial charge in [0.1, 0.15) is 24.2 Å². The number of aliphatic hydroxyl groups is 1. The van der Waals surface area contributed by atoms with Crippen molar-refractivity contribution < 1.29 is 29.4 Å². The summed E-state index contributed by atoms with van der Waals surface area (Å²) in [6.07, 6.45) is 3.48. The molecule has 36 heavy (non-hydrogen) atoms. The molecule has 0 aliphatic rings. The van der Waals surface area contributed by atoms with E-state index in [-0.39, 0.29) is 18.8 Å².